The highest BCUT2D eigenvalue weighted by molar-refractivity contribution is 6.29. The Balaban J connectivity index is 1.98. The molecule has 2 heterocycles. The first-order valence-corrected chi connectivity index (χ1v) is 7.44. The number of benzene rings is 1. The van der Waals surface area contributed by atoms with E-state index in [2.05, 4.69) is 53.0 Å². The van der Waals surface area contributed by atoms with Crippen molar-refractivity contribution in [2.45, 2.75) is 32.7 Å². The number of aromatic nitrogens is 2. The molecular formula is C16H18ClN3. The first-order valence-electron chi connectivity index (χ1n) is 7.07. The Morgan fingerprint density at radius 2 is 2.10 bits per heavy atom. The molecule has 0 bridgehead atoms. The van der Waals surface area contributed by atoms with E-state index in [1.165, 1.54) is 11.1 Å². The summed E-state index contributed by atoms with van der Waals surface area (Å²) in [7, 11) is 0. The van der Waals surface area contributed by atoms with E-state index in [-0.39, 0.29) is 6.04 Å². The summed E-state index contributed by atoms with van der Waals surface area (Å²) in [5.41, 5.74) is 3.78. The molecule has 3 rings (SSSR count). The van der Waals surface area contributed by atoms with Gasteiger partial charge in [0.1, 0.15) is 5.15 Å². The summed E-state index contributed by atoms with van der Waals surface area (Å²) in [6, 6.07) is 10.7. The first kappa shape index (κ1) is 13.4. The maximum Gasteiger partial charge on any atom is 0.227 e. The maximum absolute atomic E-state index is 6.12. The Morgan fingerprint density at radius 1 is 1.30 bits per heavy atom. The molecule has 0 saturated carbocycles. The molecule has 2 aromatic rings. The highest BCUT2D eigenvalue weighted by Gasteiger charge is 2.25. The van der Waals surface area contributed by atoms with E-state index in [1.54, 1.807) is 0 Å². The third-order valence-electron chi connectivity index (χ3n) is 3.95. The van der Waals surface area contributed by atoms with Crippen LogP contribution < -0.4 is 4.90 Å². The quantitative estimate of drug-likeness (QED) is 0.787. The van der Waals surface area contributed by atoms with Gasteiger partial charge in [0.05, 0.1) is 6.04 Å². The minimum absolute atomic E-state index is 0.281. The van der Waals surface area contributed by atoms with Crippen LogP contribution in [0.5, 0.6) is 0 Å². The van der Waals surface area contributed by atoms with Crippen molar-refractivity contribution in [1.29, 1.82) is 0 Å². The van der Waals surface area contributed by atoms with Crippen LogP contribution in [0, 0.1) is 0 Å². The second-order valence-electron chi connectivity index (χ2n) is 5.15. The van der Waals surface area contributed by atoms with Crippen LogP contribution in [0.15, 0.2) is 30.3 Å². The molecule has 1 unspecified atom stereocenters. The summed E-state index contributed by atoms with van der Waals surface area (Å²) in [6.45, 7) is 5.22. The molecule has 0 aliphatic carbocycles. The molecule has 3 nitrogen and oxygen atoms in total. The van der Waals surface area contributed by atoms with Crippen LogP contribution in [0.3, 0.4) is 0 Å². The van der Waals surface area contributed by atoms with E-state index < -0.39 is 0 Å². The van der Waals surface area contributed by atoms with E-state index in [9.17, 15) is 0 Å². The Kier molecular flexibility index (Phi) is 3.62. The lowest BCUT2D eigenvalue weighted by atomic mass is 9.94. The van der Waals surface area contributed by atoms with Crippen LogP contribution in [-0.2, 0) is 12.8 Å². The fourth-order valence-electron chi connectivity index (χ4n) is 2.81. The van der Waals surface area contributed by atoms with Crippen molar-refractivity contribution in [2.24, 2.45) is 0 Å². The Morgan fingerprint density at radius 3 is 2.90 bits per heavy atom. The molecule has 20 heavy (non-hydrogen) atoms. The van der Waals surface area contributed by atoms with E-state index in [0.717, 1.165) is 31.0 Å². The Labute approximate surface area is 124 Å². The van der Waals surface area contributed by atoms with Gasteiger partial charge in [-0.3, -0.25) is 0 Å². The molecule has 0 amide bonds. The number of nitrogens with zero attached hydrogens (tertiary/aromatic N) is 3. The minimum Gasteiger partial charge on any atom is -0.334 e. The normalized spacial score (nSPS) is 17.9. The number of hydrogen-bond acceptors (Lipinski definition) is 3. The third-order valence-corrected chi connectivity index (χ3v) is 4.14. The summed E-state index contributed by atoms with van der Waals surface area (Å²) in [5, 5.41) is 0.526. The van der Waals surface area contributed by atoms with Crippen molar-refractivity contribution in [1.82, 2.24) is 9.97 Å². The van der Waals surface area contributed by atoms with E-state index >= 15 is 0 Å². The summed E-state index contributed by atoms with van der Waals surface area (Å²) < 4.78 is 0. The lowest BCUT2D eigenvalue weighted by molar-refractivity contribution is 0.606. The number of fused-ring (bicyclic) bond motifs is 1. The lowest BCUT2D eigenvalue weighted by Gasteiger charge is -2.35. The maximum atomic E-state index is 6.12. The zero-order valence-corrected chi connectivity index (χ0v) is 12.6. The van der Waals surface area contributed by atoms with E-state index in [1.807, 2.05) is 6.07 Å². The van der Waals surface area contributed by atoms with Gasteiger partial charge in [0.15, 0.2) is 0 Å². The second-order valence-corrected chi connectivity index (χ2v) is 5.54. The summed E-state index contributed by atoms with van der Waals surface area (Å²) >= 11 is 6.12. The van der Waals surface area contributed by atoms with Gasteiger partial charge in [0.25, 0.3) is 0 Å². The van der Waals surface area contributed by atoms with Crippen LogP contribution in [0.4, 0.5) is 5.95 Å². The highest BCUT2D eigenvalue weighted by Crippen LogP contribution is 2.32. The van der Waals surface area contributed by atoms with Crippen LogP contribution in [-0.4, -0.2) is 16.5 Å². The average molecular weight is 288 g/mol. The summed E-state index contributed by atoms with van der Waals surface area (Å²) in [6.07, 6.45) is 1.89. The van der Waals surface area contributed by atoms with Gasteiger partial charge < -0.3 is 4.90 Å². The fraction of sp³-hybridized carbons (Fsp3) is 0.375. The molecule has 1 aliphatic rings. The van der Waals surface area contributed by atoms with Gasteiger partial charge >= 0.3 is 0 Å². The predicted octanol–water partition coefficient (Wildman–Crippen LogP) is 3.82. The van der Waals surface area contributed by atoms with E-state index in [0.29, 0.717) is 5.15 Å². The number of rotatable bonds is 2. The molecule has 0 spiro atoms. The van der Waals surface area contributed by atoms with Crippen LogP contribution in [0.1, 0.15) is 36.7 Å². The Bertz CT molecular complexity index is 627. The number of hydrogen-bond donors (Lipinski definition) is 0. The third kappa shape index (κ3) is 2.38. The molecule has 1 aromatic heterocycles. The van der Waals surface area contributed by atoms with Crippen molar-refractivity contribution in [2.75, 3.05) is 11.4 Å². The van der Waals surface area contributed by atoms with E-state index in [4.69, 9.17) is 11.6 Å². The smallest absolute Gasteiger partial charge is 0.227 e. The molecule has 0 saturated heterocycles. The molecule has 0 radical (unpaired) electrons. The molecule has 1 aliphatic heterocycles. The molecular weight excluding hydrogens is 270 g/mol. The van der Waals surface area contributed by atoms with Gasteiger partial charge in [0.2, 0.25) is 5.95 Å². The van der Waals surface area contributed by atoms with Gasteiger partial charge in [0, 0.05) is 12.2 Å². The Hall–Kier alpha value is -1.61. The molecule has 0 N–H and O–H groups in total. The largest absolute Gasteiger partial charge is 0.334 e. The van der Waals surface area contributed by atoms with Crippen LogP contribution in [0.2, 0.25) is 5.15 Å². The number of aryl methyl sites for hydroxylation is 1. The zero-order chi connectivity index (χ0) is 14.1. The van der Waals surface area contributed by atoms with Crippen molar-refractivity contribution in [3.05, 3.63) is 52.3 Å². The standard InChI is InChI=1S/C16H18ClN3/c1-3-13-10-15(17)19-16(18-13)20-9-8-12-6-4-5-7-14(12)11(20)2/h4-7,10-11H,3,8-9H2,1-2H3. The second kappa shape index (κ2) is 5.41. The lowest BCUT2D eigenvalue weighted by Crippen LogP contribution is -2.35. The molecule has 4 heteroatoms. The zero-order valence-electron chi connectivity index (χ0n) is 11.8. The predicted molar refractivity (Wildman–Crippen MR) is 82.3 cm³/mol. The number of anilines is 1. The topological polar surface area (TPSA) is 29.0 Å². The van der Waals surface area contributed by atoms with Gasteiger partial charge in [-0.15, -0.1) is 0 Å². The van der Waals surface area contributed by atoms with Crippen molar-refractivity contribution in [3.63, 3.8) is 0 Å². The highest BCUT2D eigenvalue weighted by atomic mass is 35.5. The number of halogens is 1. The van der Waals surface area contributed by atoms with Gasteiger partial charge in [-0.25, -0.2) is 9.97 Å². The van der Waals surface area contributed by atoms with Crippen LogP contribution >= 0.6 is 11.6 Å². The van der Waals surface area contributed by atoms with Crippen molar-refractivity contribution < 1.29 is 0 Å². The molecule has 1 atom stereocenters. The van der Waals surface area contributed by atoms with Crippen LogP contribution in [0.25, 0.3) is 0 Å². The van der Waals surface area contributed by atoms with Gasteiger partial charge in [-0.05, 0) is 37.0 Å². The first-order chi connectivity index (χ1) is 9.69. The molecule has 104 valence electrons. The average Bonchev–Trinajstić information content (AvgIpc) is 2.47. The van der Waals surface area contributed by atoms with Gasteiger partial charge in [-0.1, -0.05) is 42.8 Å². The van der Waals surface area contributed by atoms with Crippen molar-refractivity contribution in [3.8, 4) is 0 Å². The SMILES string of the molecule is CCc1cc(Cl)nc(N2CCc3ccccc3C2C)n1. The molecule has 0 fully saturated rings. The fourth-order valence-corrected chi connectivity index (χ4v) is 3.01. The minimum atomic E-state index is 0.281. The van der Waals surface area contributed by atoms with Gasteiger partial charge in [-0.2, -0.15) is 0 Å². The monoisotopic (exact) mass is 287 g/mol. The van der Waals surface area contributed by atoms with Crippen molar-refractivity contribution >= 4 is 17.5 Å². The molecule has 1 aromatic carbocycles. The summed E-state index contributed by atoms with van der Waals surface area (Å²) in [4.78, 5) is 11.3. The summed E-state index contributed by atoms with van der Waals surface area (Å²) in [5.74, 6) is 0.747.